The Labute approximate surface area is 223 Å². The van der Waals surface area contributed by atoms with Crippen molar-refractivity contribution in [2.75, 3.05) is 31.6 Å². The maximum atomic E-state index is 14.1. The lowest BCUT2D eigenvalue weighted by Crippen LogP contribution is -2.40. The number of benzene rings is 3. The maximum absolute atomic E-state index is 14.1. The van der Waals surface area contributed by atoms with E-state index in [1.165, 1.54) is 24.3 Å². The van der Waals surface area contributed by atoms with Gasteiger partial charge in [0.25, 0.3) is 0 Å². The number of ether oxygens (including phenoxy) is 2. The van der Waals surface area contributed by atoms with Crippen molar-refractivity contribution < 1.29 is 18.3 Å². The topological polar surface area (TPSA) is 75.3 Å². The Bertz CT molecular complexity index is 1600. The summed E-state index contributed by atoms with van der Waals surface area (Å²) >= 11 is 0. The molecule has 4 heterocycles. The fraction of sp³-hybridized carbons (Fsp3) is 0.267. The first-order valence-corrected chi connectivity index (χ1v) is 13.0. The molecule has 0 unspecified atom stereocenters. The smallest absolute Gasteiger partial charge is 0.217 e. The molecule has 196 valence electrons. The van der Waals surface area contributed by atoms with Gasteiger partial charge in [-0.15, -0.1) is 0 Å². The molecule has 0 bridgehead atoms. The van der Waals surface area contributed by atoms with Gasteiger partial charge >= 0.3 is 0 Å². The number of fused-ring (bicyclic) bond motifs is 4. The average molecular weight is 526 g/mol. The molecule has 3 aliphatic heterocycles. The number of nitrogens with zero attached hydrogens (tertiary/aromatic N) is 4. The second kappa shape index (κ2) is 9.49. The van der Waals surface area contributed by atoms with Gasteiger partial charge in [-0.25, -0.2) is 13.8 Å². The largest absolute Gasteiger partial charge is 0.488 e. The van der Waals surface area contributed by atoms with Gasteiger partial charge in [-0.05, 0) is 65.6 Å². The molecule has 0 spiro atoms. The van der Waals surface area contributed by atoms with Gasteiger partial charge in [0.2, 0.25) is 5.95 Å². The number of nitrogens with one attached hydrogen (secondary N) is 1. The van der Waals surface area contributed by atoms with E-state index in [0.717, 1.165) is 66.0 Å². The maximum Gasteiger partial charge on any atom is 0.217 e. The normalized spacial score (nSPS) is 21.5. The zero-order valence-corrected chi connectivity index (χ0v) is 21.0. The molecule has 9 heteroatoms. The van der Waals surface area contributed by atoms with E-state index in [-0.39, 0.29) is 18.5 Å². The monoisotopic (exact) mass is 525 g/mol. The second-order valence-electron chi connectivity index (χ2n) is 10.2. The second-order valence-corrected chi connectivity index (χ2v) is 10.2. The van der Waals surface area contributed by atoms with Crippen LogP contribution in [-0.4, -0.2) is 46.8 Å². The van der Waals surface area contributed by atoms with Crippen molar-refractivity contribution in [1.82, 2.24) is 14.5 Å². The number of halogens is 2. The molecule has 0 saturated carbocycles. The predicted molar refractivity (Wildman–Crippen MR) is 143 cm³/mol. The molecule has 0 amide bonds. The van der Waals surface area contributed by atoms with Crippen LogP contribution in [0.3, 0.4) is 0 Å². The van der Waals surface area contributed by atoms with E-state index in [0.29, 0.717) is 23.3 Å². The molecule has 3 aromatic carbocycles. The molecule has 0 aliphatic carbocycles. The molecule has 7 nitrogen and oxygen atoms in total. The van der Waals surface area contributed by atoms with Crippen molar-refractivity contribution in [3.05, 3.63) is 88.5 Å². The zero-order valence-electron chi connectivity index (χ0n) is 21.0. The minimum absolute atomic E-state index is 0.137. The summed E-state index contributed by atoms with van der Waals surface area (Å²) in [6.45, 7) is 3.39. The fourth-order valence-corrected chi connectivity index (χ4v) is 6.11. The van der Waals surface area contributed by atoms with Gasteiger partial charge in [0.05, 0.1) is 30.3 Å². The lowest BCUT2D eigenvalue weighted by atomic mass is 9.92. The Morgan fingerprint density at radius 2 is 1.87 bits per heavy atom. The van der Waals surface area contributed by atoms with E-state index in [9.17, 15) is 14.0 Å². The number of aromatic nitrogens is 2. The minimum Gasteiger partial charge on any atom is -0.488 e. The van der Waals surface area contributed by atoms with E-state index in [1.807, 2.05) is 30.5 Å². The number of anilines is 1. The summed E-state index contributed by atoms with van der Waals surface area (Å²) in [6, 6.07) is 15.6. The molecule has 7 rings (SSSR count). The van der Waals surface area contributed by atoms with Crippen molar-refractivity contribution in [2.24, 2.45) is 0 Å². The molecule has 1 N–H and O–H groups in total. The summed E-state index contributed by atoms with van der Waals surface area (Å²) in [5.41, 5.74) is 5.61. The molecule has 0 radical (unpaired) electrons. The molecule has 3 aliphatic rings. The Morgan fingerprint density at radius 3 is 2.72 bits per heavy atom. The van der Waals surface area contributed by atoms with Crippen molar-refractivity contribution in [1.29, 1.82) is 5.26 Å². The van der Waals surface area contributed by atoms with Crippen LogP contribution in [-0.2, 0) is 11.3 Å². The highest BCUT2D eigenvalue weighted by Crippen LogP contribution is 2.39. The van der Waals surface area contributed by atoms with E-state index in [1.54, 1.807) is 12.1 Å². The van der Waals surface area contributed by atoms with Crippen LogP contribution in [0.2, 0.25) is 0 Å². The third-order valence-electron chi connectivity index (χ3n) is 7.87. The first kappa shape index (κ1) is 23.8. The number of rotatable bonds is 3. The van der Waals surface area contributed by atoms with Crippen LogP contribution in [0.5, 0.6) is 5.75 Å². The van der Waals surface area contributed by atoms with Crippen molar-refractivity contribution in [3.8, 4) is 11.9 Å². The molecule has 4 aromatic rings. The molecule has 39 heavy (non-hydrogen) atoms. The van der Waals surface area contributed by atoms with Crippen LogP contribution in [0.1, 0.15) is 34.7 Å². The van der Waals surface area contributed by atoms with Crippen LogP contribution < -0.4 is 10.1 Å². The van der Waals surface area contributed by atoms with E-state index < -0.39 is 5.82 Å². The highest BCUT2D eigenvalue weighted by molar-refractivity contribution is 5.96. The molecule has 2 fully saturated rings. The van der Waals surface area contributed by atoms with E-state index in [2.05, 4.69) is 14.8 Å². The van der Waals surface area contributed by atoms with Gasteiger partial charge in [-0.2, -0.15) is 5.26 Å². The summed E-state index contributed by atoms with van der Waals surface area (Å²) < 4.78 is 41.8. The van der Waals surface area contributed by atoms with Crippen LogP contribution in [0.15, 0.2) is 54.6 Å². The summed E-state index contributed by atoms with van der Waals surface area (Å²) in [4.78, 5) is 7.22. The van der Waals surface area contributed by atoms with Crippen LogP contribution in [0.4, 0.5) is 14.7 Å². The SMILES string of the molecule is N#CNc1nc2cc(C=C3c4ccc(F)cc4COc4cc(F)ccc43)ccc2n1[C@@H]1C[C@@H]2COCCN2C1. The quantitative estimate of drug-likeness (QED) is 0.288. The lowest BCUT2D eigenvalue weighted by Gasteiger charge is -2.28. The molecule has 2 saturated heterocycles. The third-order valence-corrected chi connectivity index (χ3v) is 7.87. The average Bonchev–Trinajstić information content (AvgIpc) is 3.47. The molecule has 1 aromatic heterocycles. The predicted octanol–water partition coefficient (Wildman–Crippen LogP) is 5.33. The zero-order chi connectivity index (χ0) is 26.5. The highest BCUT2D eigenvalue weighted by atomic mass is 19.1. The minimum atomic E-state index is -0.399. The summed E-state index contributed by atoms with van der Waals surface area (Å²) in [5.74, 6) is 0.176. The van der Waals surface area contributed by atoms with Gasteiger partial charge in [0.1, 0.15) is 24.0 Å². The summed E-state index contributed by atoms with van der Waals surface area (Å²) in [5, 5.41) is 12.2. The Morgan fingerprint density at radius 1 is 1.03 bits per heavy atom. The Hall–Kier alpha value is -4.26. The number of imidazole rings is 1. The van der Waals surface area contributed by atoms with E-state index in [4.69, 9.17) is 14.5 Å². The number of nitriles is 1. The fourth-order valence-electron chi connectivity index (χ4n) is 6.11. The standard InChI is InChI=1S/C30H25F2N5O2/c31-20-2-4-24-19(11-20)15-39-29-12-21(32)3-5-25(29)26(24)9-18-1-6-28-27(10-18)35-30(34-17-33)37(28)22-13-23-16-38-8-7-36(23)14-22/h1-6,9-12,22-23H,7-8,13-16H2,(H,34,35)/t22-,23-/m1/s1. The molecular weight excluding hydrogens is 500 g/mol. The Kier molecular flexibility index (Phi) is 5.80. The first-order chi connectivity index (χ1) is 19.1. The van der Waals surface area contributed by atoms with Crippen molar-refractivity contribution in [2.45, 2.75) is 25.1 Å². The Balaban J connectivity index is 1.33. The number of morpholine rings is 1. The number of hydrogen-bond donors (Lipinski definition) is 1. The lowest BCUT2D eigenvalue weighted by molar-refractivity contribution is 0.0128. The van der Waals surface area contributed by atoms with Gasteiger partial charge in [-0.1, -0.05) is 12.1 Å². The van der Waals surface area contributed by atoms with E-state index >= 15 is 0 Å². The molecule has 2 atom stereocenters. The van der Waals surface area contributed by atoms with Crippen LogP contribution >= 0.6 is 0 Å². The first-order valence-electron chi connectivity index (χ1n) is 13.0. The van der Waals surface area contributed by atoms with Crippen molar-refractivity contribution >= 4 is 28.6 Å². The van der Waals surface area contributed by atoms with Crippen molar-refractivity contribution in [3.63, 3.8) is 0 Å². The molecular formula is C30H25F2N5O2. The summed E-state index contributed by atoms with van der Waals surface area (Å²) in [6.07, 6.45) is 4.95. The van der Waals surface area contributed by atoms with Gasteiger partial charge in [0.15, 0.2) is 6.19 Å². The third kappa shape index (κ3) is 4.22. The van der Waals surface area contributed by atoms with Gasteiger partial charge in [0, 0.05) is 36.3 Å². The van der Waals surface area contributed by atoms with Gasteiger partial charge < -0.3 is 14.0 Å². The van der Waals surface area contributed by atoms with Crippen LogP contribution in [0, 0.1) is 23.1 Å². The highest BCUT2D eigenvalue weighted by Gasteiger charge is 2.36. The van der Waals surface area contributed by atoms with Gasteiger partial charge in [-0.3, -0.25) is 10.2 Å². The summed E-state index contributed by atoms with van der Waals surface area (Å²) in [7, 11) is 0. The number of hydrogen-bond acceptors (Lipinski definition) is 6. The van der Waals surface area contributed by atoms with Crippen LogP contribution in [0.25, 0.3) is 22.7 Å².